The van der Waals surface area contributed by atoms with E-state index in [0.717, 1.165) is 57.9 Å². The van der Waals surface area contributed by atoms with Crippen LogP contribution in [-0.4, -0.2) is 24.1 Å². The fraction of sp³-hybridized carbons (Fsp3) is 0.360. The van der Waals surface area contributed by atoms with Crippen LogP contribution in [0.2, 0.25) is 0 Å². The average molecular weight is 515 g/mol. The van der Waals surface area contributed by atoms with E-state index in [9.17, 15) is 4.79 Å². The van der Waals surface area contributed by atoms with Gasteiger partial charge in [-0.3, -0.25) is 4.79 Å². The number of aryl methyl sites for hydroxylation is 1. The number of halogens is 1. The molecule has 3 aromatic rings. The van der Waals surface area contributed by atoms with Gasteiger partial charge in [-0.1, -0.05) is 39.7 Å². The highest BCUT2D eigenvalue weighted by atomic mass is 79.9. The molecule has 0 unspecified atom stereocenters. The van der Waals surface area contributed by atoms with E-state index in [-0.39, 0.29) is 11.9 Å². The highest BCUT2D eigenvalue weighted by Crippen LogP contribution is 2.35. The third-order valence-electron chi connectivity index (χ3n) is 5.81. The molecule has 2 aromatic carbocycles. The molecule has 1 aliphatic rings. The van der Waals surface area contributed by atoms with Gasteiger partial charge in [-0.25, -0.2) is 4.98 Å². The van der Waals surface area contributed by atoms with Gasteiger partial charge in [-0.05, 0) is 62.4 Å². The van der Waals surface area contributed by atoms with Gasteiger partial charge < -0.3 is 14.8 Å². The summed E-state index contributed by atoms with van der Waals surface area (Å²) in [7, 11) is 1.46. The lowest BCUT2D eigenvalue weighted by atomic mass is 9.86. The number of nitrogens with zero attached hydrogens (tertiary/aromatic N) is 1. The number of rotatable bonds is 7. The SMILES string of the molecule is COC(=O)[C@H]1CC[C@@H](Nc2nc(-c3cc(C)ccc3OCc3ccc(Br)cc3)cs2)CC1. The topological polar surface area (TPSA) is 60.5 Å². The van der Waals surface area contributed by atoms with Gasteiger partial charge in [0.05, 0.1) is 18.7 Å². The molecule has 4 rings (SSSR count). The van der Waals surface area contributed by atoms with Crippen LogP contribution in [0.4, 0.5) is 5.13 Å². The maximum atomic E-state index is 11.7. The zero-order valence-electron chi connectivity index (χ0n) is 18.3. The van der Waals surface area contributed by atoms with Crippen LogP contribution in [0.25, 0.3) is 11.3 Å². The maximum absolute atomic E-state index is 11.7. The first kappa shape index (κ1) is 22.8. The van der Waals surface area contributed by atoms with Crippen LogP contribution in [0.15, 0.2) is 52.3 Å². The minimum absolute atomic E-state index is 0.0302. The van der Waals surface area contributed by atoms with Crippen LogP contribution >= 0.6 is 27.3 Å². The van der Waals surface area contributed by atoms with Crippen LogP contribution in [0.3, 0.4) is 0 Å². The Kier molecular flexibility index (Phi) is 7.48. The van der Waals surface area contributed by atoms with Crippen molar-refractivity contribution in [1.29, 1.82) is 0 Å². The monoisotopic (exact) mass is 514 g/mol. The largest absolute Gasteiger partial charge is 0.488 e. The van der Waals surface area contributed by atoms with Crippen LogP contribution in [0.1, 0.15) is 36.8 Å². The Labute approximate surface area is 201 Å². The third-order valence-corrected chi connectivity index (χ3v) is 7.11. The van der Waals surface area contributed by atoms with E-state index >= 15 is 0 Å². The molecule has 0 amide bonds. The fourth-order valence-corrected chi connectivity index (χ4v) is 5.04. The molecule has 5 nitrogen and oxygen atoms in total. The molecule has 1 aliphatic carbocycles. The van der Waals surface area contributed by atoms with Crippen molar-refractivity contribution < 1.29 is 14.3 Å². The predicted molar refractivity (Wildman–Crippen MR) is 132 cm³/mol. The smallest absolute Gasteiger partial charge is 0.308 e. The van der Waals surface area contributed by atoms with Gasteiger partial charge in [0, 0.05) is 21.5 Å². The molecule has 1 aromatic heterocycles. The van der Waals surface area contributed by atoms with Gasteiger partial charge >= 0.3 is 5.97 Å². The lowest BCUT2D eigenvalue weighted by molar-refractivity contribution is -0.146. The quantitative estimate of drug-likeness (QED) is 0.359. The van der Waals surface area contributed by atoms with E-state index in [2.05, 4.69) is 57.8 Å². The Hall–Kier alpha value is -2.38. The summed E-state index contributed by atoms with van der Waals surface area (Å²) in [6.07, 6.45) is 3.60. The average Bonchev–Trinajstić information content (AvgIpc) is 3.27. The van der Waals surface area contributed by atoms with Crippen LogP contribution < -0.4 is 10.1 Å². The highest BCUT2D eigenvalue weighted by Gasteiger charge is 2.27. The molecular weight excluding hydrogens is 488 g/mol. The van der Waals surface area contributed by atoms with Gasteiger partial charge in [0.15, 0.2) is 5.13 Å². The number of anilines is 1. The van der Waals surface area contributed by atoms with Gasteiger partial charge in [0.25, 0.3) is 0 Å². The van der Waals surface area contributed by atoms with E-state index in [1.807, 2.05) is 18.2 Å². The molecule has 32 heavy (non-hydrogen) atoms. The summed E-state index contributed by atoms with van der Waals surface area (Å²) in [5, 5.41) is 6.53. The summed E-state index contributed by atoms with van der Waals surface area (Å²) in [6, 6.07) is 14.7. The molecule has 0 bridgehead atoms. The molecule has 1 N–H and O–H groups in total. The Balaban J connectivity index is 1.42. The van der Waals surface area contributed by atoms with E-state index in [4.69, 9.17) is 14.5 Å². The van der Waals surface area contributed by atoms with E-state index in [1.165, 1.54) is 12.7 Å². The third kappa shape index (κ3) is 5.70. The van der Waals surface area contributed by atoms with E-state index in [0.29, 0.717) is 12.6 Å². The zero-order chi connectivity index (χ0) is 22.5. The molecule has 168 valence electrons. The molecule has 1 heterocycles. The van der Waals surface area contributed by atoms with E-state index in [1.54, 1.807) is 11.3 Å². The van der Waals surface area contributed by atoms with Crippen LogP contribution in [-0.2, 0) is 16.1 Å². The van der Waals surface area contributed by atoms with Gasteiger partial charge in [0.1, 0.15) is 12.4 Å². The minimum atomic E-state index is -0.0879. The van der Waals surface area contributed by atoms with Gasteiger partial charge in [0.2, 0.25) is 0 Å². The summed E-state index contributed by atoms with van der Waals surface area (Å²) in [4.78, 5) is 16.6. The van der Waals surface area contributed by atoms with Crippen molar-refractivity contribution >= 4 is 38.4 Å². The lowest BCUT2D eigenvalue weighted by Gasteiger charge is -2.27. The fourth-order valence-electron chi connectivity index (χ4n) is 3.99. The number of esters is 1. The Bertz CT molecular complexity index is 1060. The van der Waals surface area contributed by atoms with Crippen LogP contribution in [0.5, 0.6) is 5.75 Å². The summed E-state index contributed by atoms with van der Waals surface area (Å²) in [5.74, 6) is 0.770. The minimum Gasteiger partial charge on any atom is -0.488 e. The molecule has 1 saturated carbocycles. The number of carbonyl (C=O) groups excluding carboxylic acids is 1. The Morgan fingerprint density at radius 1 is 1.16 bits per heavy atom. The normalized spacial score (nSPS) is 18.2. The first-order valence-corrected chi connectivity index (χ1v) is 12.5. The molecule has 1 fully saturated rings. The summed E-state index contributed by atoms with van der Waals surface area (Å²) in [5.41, 5.74) is 4.19. The predicted octanol–water partition coefficient (Wildman–Crippen LogP) is 6.60. The molecule has 0 radical (unpaired) electrons. The maximum Gasteiger partial charge on any atom is 0.308 e. The van der Waals surface area contributed by atoms with Gasteiger partial charge in [-0.15, -0.1) is 11.3 Å². The van der Waals surface area contributed by atoms with Crippen molar-refractivity contribution in [1.82, 2.24) is 4.98 Å². The molecule has 0 aliphatic heterocycles. The molecule has 0 spiro atoms. The second-order valence-electron chi connectivity index (χ2n) is 8.17. The molecule has 7 heteroatoms. The Morgan fingerprint density at radius 3 is 2.62 bits per heavy atom. The first-order valence-electron chi connectivity index (χ1n) is 10.8. The van der Waals surface area contributed by atoms with Crippen molar-refractivity contribution in [2.75, 3.05) is 12.4 Å². The molecular formula is C25H27BrN2O3S. The van der Waals surface area contributed by atoms with E-state index < -0.39 is 0 Å². The molecule has 0 atom stereocenters. The number of aromatic nitrogens is 1. The van der Waals surface area contributed by atoms with Crippen molar-refractivity contribution in [3.05, 3.63) is 63.4 Å². The zero-order valence-corrected chi connectivity index (χ0v) is 20.7. The number of methoxy groups -OCH3 is 1. The number of thiazole rings is 1. The number of benzene rings is 2. The number of hydrogen-bond acceptors (Lipinski definition) is 6. The van der Waals surface area contributed by atoms with Crippen molar-refractivity contribution in [2.24, 2.45) is 5.92 Å². The summed E-state index contributed by atoms with van der Waals surface area (Å²) in [6.45, 7) is 2.58. The number of ether oxygens (including phenoxy) is 2. The van der Waals surface area contributed by atoms with Gasteiger partial charge in [-0.2, -0.15) is 0 Å². The second-order valence-corrected chi connectivity index (χ2v) is 9.94. The van der Waals surface area contributed by atoms with Crippen molar-refractivity contribution in [3.63, 3.8) is 0 Å². The second kappa shape index (κ2) is 10.5. The molecule has 0 saturated heterocycles. The van der Waals surface area contributed by atoms with Crippen molar-refractivity contribution in [2.45, 2.75) is 45.3 Å². The summed E-state index contributed by atoms with van der Waals surface area (Å²) >= 11 is 5.07. The number of hydrogen-bond donors (Lipinski definition) is 1. The van der Waals surface area contributed by atoms with Crippen molar-refractivity contribution in [3.8, 4) is 17.0 Å². The highest BCUT2D eigenvalue weighted by molar-refractivity contribution is 9.10. The Morgan fingerprint density at radius 2 is 1.91 bits per heavy atom. The van der Waals surface area contributed by atoms with Crippen LogP contribution in [0, 0.1) is 12.8 Å². The lowest BCUT2D eigenvalue weighted by Crippen LogP contribution is -2.29. The number of carbonyl (C=O) groups is 1. The standard InChI is InChI=1S/C25H27BrN2O3S/c1-16-3-12-23(31-14-17-4-8-19(26)9-5-17)21(13-16)22-15-32-25(28-22)27-20-10-6-18(7-11-20)24(29)30-2/h3-5,8-9,12-13,15,18,20H,6-7,10-11,14H2,1-2H3,(H,27,28)/t18-,20+. The summed E-state index contributed by atoms with van der Waals surface area (Å²) < 4.78 is 12.1. The number of nitrogens with one attached hydrogen (secondary N) is 1. The first-order chi connectivity index (χ1) is 15.5.